The largest absolute Gasteiger partial charge is 0.489 e. The number of nitrogens with one attached hydrogen (secondary N) is 1. The van der Waals surface area contributed by atoms with E-state index in [4.69, 9.17) is 4.74 Å². The second-order valence-electron chi connectivity index (χ2n) is 8.77. The van der Waals surface area contributed by atoms with Gasteiger partial charge in [0.1, 0.15) is 12.4 Å². The molecule has 0 aliphatic carbocycles. The first-order valence-corrected chi connectivity index (χ1v) is 13.0. The first-order valence-electron chi connectivity index (χ1n) is 11.6. The number of benzene rings is 3. The van der Waals surface area contributed by atoms with Crippen molar-refractivity contribution in [1.29, 1.82) is 0 Å². The average Bonchev–Trinajstić information content (AvgIpc) is 3.52. The maximum atomic E-state index is 13.3. The van der Waals surface area contributed by atoms with Crippen LogP contribution in [0.3, 0.4) is 0 Å². The Morgan fingerprint density at radius 3 is 2.43 bits per heavy atom. The van der Waals surface area contributed by atoms with Crippen molar-refractivity contribution in [1.82, 2.24) is 13.9 Å². The van der Waals surface area contributed by atoms with Gasteiger partial charge in [-0.2, -0.15) is 4.31 Å². The van der Waals surface area contributed by atoms with E-state index in [2.05, 4.69) is 22.4 Å². The normalized spacial score (nSPS) is 18.4. The highest BCUT2D eigenvalue weighted by atomic mass is 32.2. The molecule has 2 atom stereocenters. The fraction of sp³-hybridized carbons (Fsp3) is 0.222. The van der Waals surface area contributed by atoms with E-state index < -0.39 is 10.0 Å². The van der Waals surface area contributed by atoms with Crippen LogP contribution in [0.1, 0.15) is 17.0 Å². The lowest BCUT2D eigenvalue weighted by atomic mass is 9.94. The van der Waals surface area contributed by atoms with Crippen LogP contribution in [-0.2, 0) is 23.7 Å². The minimum atomic E-state index is -3.69. The molecule has 5 rings (SSSR count). The Kier molecular flexibility index (Phi) is 6.57. The summed E-state index contributed by atoms with van der Waals surface area (Å²) >= 11 is 0. The van der Waals surface area contributed by atoms with Crippen LogP contribution < -0.4 is 10.1 Å². The summed E-state index contributed by atoms with van der Waals surface area (Å²) in [7, 11) is -1.93. The van der Waals surface area contributed by atoms with Crippen molar-refractivity contribution < 1.29 is 13.2 Å². The lowest BCUT2D eigenvalue weighted by molar-refractivity contribution is 0.306. The molecule has 3 aromatic carbocycles. The first-order chi connectivity index (χ1) is 17.0. The van der Waals surface area contributed by atoms with Crippen LogP contribution in [0.15, 0.2) is 102 Å². The highest BCUT2D eigenvalue weighted by Crippen LogP contribution is 2.33. The molecule has 2 heterocycles. The Morgan fingerprint density at radius 2 is 1.71 bits per heavy atom. The molecule has 0 saturated carbocycles. The summed E-state index contributed by atoms with van der Waals surface area (Å²) in [6.45, 7) is 1.20. The van der Waals surface area contributed by atoms with Gasteiger partial charge >= 0.3 is 0 Å². The van der Waals surface area contributed by atoms with E-state index in [1.807, 2.05) is 72.8 Å². The van der Waals surface area contributed by atoms with E-state index in [-0.39, 0.29) is 17.0 Å². The van der Waals surface area contributed by atoms with Crippen LogP contribution in [0.25, 0.3) is 0 Å². The zero-order valence-electron chi connectivity index (χ0n) is 19.5. The van der Waals surface area contributed by atoms with Gasteiger partial charge in [-0.25, -0.2) is 13.4 Å². The molecule has 180 valence electrons. The lowest BCUT2D eigenvalue weighted by Crippen LogP contribution is -2.32. The van der Waals surface area contributed by atoms with E-state index in [1.54, 1.807) is 17.8 Å². The monoisotopic (exact) mass is 488 g/mol. The van der Waals surface area contributed by atoms with Crippen molar-refractivity contribution in [2.75, 3.05) is 18.4 Å². The molecule has 35 heavy (non-hydrogen) atoms. The second kappa shape index (κ2) is 9.93. The fourth-order valence-corrected chi connectivity index (χ4v) is 5.89. The zero-order valence-corrected chi connectivity index (χ0v) is 20.3. The minimum absolute atomic E-state index is 0.0106. The molecule has 0 spiro atoms. The predicted molar refractivity (Wildman–Crippen MR) is 136 cm³/mol. The maximum absolute atomic E-state index is 13.3. The fourth-order valence-electron chi connectivity index (χ4n) is 4.43. The van der Waals surface area contributed by atoms with Crippen LogP contribution in [0.2, 0.25) is 0 Å². The van der Waals surface area contributed by atoms with Gasteiger partial charge in [0.25, 0.3) is 10.0 Å². The third-order valence-electron chi connectivity index (χ3n) is 6.23. The number of hydrogen-bond donors (Lipinski definition) is 1. The quantitative estimate of drug-likeness (QED) is 0.401. The highest BCUT2D eigenvalue weighted by Gasteiger charge is 2.41. The number of sulfonamides is 1. The number of ether oxygens (including phenoxy) is 1. The molecular formula is C27H28N4O3S. The first kappa shape index (κ1) is 23.1. The summed E-state index contributed by atoms with van der Waals surface area (Å²) < 4.78 is 35.8. The Balaban J connectivity index is 1.36. The van der Waals surface area contributed by atoms with E-state index in [0.29, 0.717) is 19.7 Å². The topological polar surface area (TPSA) is 76.5 Å². The van der Waals surface area contributed by atoms with Gasteiger partial charge in [-0.15, -0.1) is 0 Å². The van der Waals surface area contributed by atoms with Gasteiger partial charge in [0.05, 0.1) is 6.33 Å². The average molecular weight is 489 g/mol. The van der Waals surface area contributed by atoms with Crippen molar-refractivity contribution in [2.45, 2.75) is 23.6 Å². The van der Waals surface area contributed by atoms with Gasteiger partial charge in [0.15, 0.2) is 5.03 Å². The molecule has 4 aromatic rings. The summed E-state index contributed by atoms with van der Waals surface area (Å²) in [4.78, 5) is 4.09. The molecule has 1 aliphatic heterocycles. The highest BCUT2D eigenvalue weighted by molar-refractivity contribution is 7.89. The number of aromatic nitrogens is 2. The molecule has 1 saturated heterocycles. The van der Waals surface area contributed by atoms with Crippen molar-refractivity contribution >= 4 is 15.7 Å². The summed E-state index contributed by atoms with van der Waals surface area (Å²) in [6.07, 6.45) is 3.05. The molecule has 0 bridgehead atoms. The molecule has 1 aliphatic rings. The third kappa shape index (κ3) is 5.23. The molecule has 1 fully saturated rings. The molecule has 1 aromatic heterocycles. The number of nitrogens with zero attached hydrogens (tertiary/aromatic N) is 3. The van der Waals surface area contributed by atoms with Gasteiger partial charge in [-0.05, 0) is 23.3 Å². The van der Waals surface area contributed by atoms with Crippen molar-refractivity contribution in [2.24, 2.45) is 7.05 Å². The van der Waals surface area contributed by atoms with E-state index in [9.17, 15) is 8.42 Å². The molecule has 0 amide bonds. The van der Waals surface area contributed by atoms with Crippen molar-refractivity contribution in [3.05, 3.63) is 109 Å². The van der Waals surface area contributed by atoms with Gasteiger partial charge in [0.2, 0.25) is 0 Å². The Labute approximate surface area is 206 Å². The zero-order chi connectivity index (χ0) is 24.3. The van der Waals surface area contributed by atoms with E-state index in [1.165, 1.54) is 10.6 Å². The lowest BCUT2D eigenvalue weighted by Gasteiger charge is -2.21. The van der Waals surface area contributed by atoms with Gasteiger partial charge in [-0.1, -0.05) is 66.7 Å². The van der Waals surface area contributed by atoms with Crippen LogP contribution in [0, 0.1) is 0 Å². The summed E-state index contributed by atoms with van der Waals surface area (Å²) in [5.74, 6) is 0.745. The molecule has 2 unspecified atom stereocenters. The molecule has 1 N–H and O–H groups in total. The van der Waals surface area contributed by atoms with Crippen LogP contribution in [0.4, 0.5) is 5.69 Å². The molecular weight excluding hydrogens is 460 g/mol. The van der Waals surface area contributed by atoms with E-state index in [0.717, 1.165) is 22.6 Å². The SMILES string of the molecule is Cn1cnc(S(=O)(=O)N2CC(Nc3cccc(OCc4ccccc4)c3)C(c3ccccc3)C2)c1. The maximum Gasteiger partial charge on any atom is 0.262 e. The van der Waals surface area contributed by atoms with Crippen LogP contribution in [0.5, 0.6) is 5.75 Å². The molecule has 7 nitrogen and oxygen atoms in total. The van der Waals surface area contributed by atoms with Gasteiger partial charge in [0, 0.05) is 50.0 Å². The summed E-state index contributed by atoms with van der Waals surface area (Å²) in [6, 6.07) is 27.8. The molecule has 8 heteroatoms. The predicted octanol–water partition coefficient (Wildman–Crippen LogP) is 4.27. The standard InChI is InChI=1S/C27H28N4O3S/c1-30-18-27(28-20-30)35(32,33)31-16-25(22-11-6-3-7-12-22)26(17-31)29-23-13-8-14-24(15-23)34-19-21-9-4-2-5-10-21/h2-15,18,20,25-26,29H,16-17,19H2,1H3. The number of anilines is 1. The Bertz CT molecular complexity index is 1370. The number of imidazole rings is 1. The Hall–Kier alpha value is -3.62. The number of hydrogen-bond acceptors (Lipinski definition) is 5. The Morgan fingerprint density at radius 1 is 0.971 bits per heavy atom. The summed E-state index contributed by atoms with van der Waals surface area (Å²) in [5.41, 5.74) is 3.08. The van der Waals surface area contributed by atoms with Crippen LogP contribution >= 0.6 is 0 Å². The minimum Gasteiger partial charge on any atom is -0.489 e. The second-order valence-corrected chi connectivity index (χ2v) is 10.7. The van der Waals surface area contributed by atoms with Gasteiger partial charge < -0.3 is 14.6 Å². The molecule has 0 radical (unpaired) electrons. The third-order valence-corrected chi connectivity index (χ3v) is 7.95. The van der Waals surface area contributed by atoms with Crippen LogP contribution in [-0.4, -0.2) is 41.4 Å². The summed E-state index contributed by atoms with van der Waals surface area (Å²) in [5, 5.41) is 3.65. The van der Waals surface area contributed by atoms with Crippen molar-refractivity contribution in [3.8, 4) is 5.75 Å². The number of rotatable bonds is 8. The van der Waals surface area contributed by atoms with Crippen molar-refractivity contribution in [3.63, 3.8) is 0 Å². The van der Waals surface area contributed by atoms with Gasteiger partial charge in [-0.3, -0.25) is 0 Å². The smallest absolute Gasteiger partial charge is 0.262 e. The van der Waals surface area contributed by atoms with E-state index >= 15 is 0 Å². The number of aryl methyl sites for hydroxylation is 1.